The van der Waals surface area contributed by atoms with Gasteiger partial charge in [0.2, 0.25) is 5.96 Å². The van der Waals surface area contributed by atoms with Crippen LogP contribution in [0.1, 0.15) is 23.9 Å². The van der Waals surface area contributed by atoms with Crippen molar-refractivity contribution in [2.75, 3.05) is 25.1 Å². The molecule has 3 heterocycles. The number of rotatable bonds is 3. The van der Waals surface area contributed by atoms with E-state index < -0.39 is 6.23 Å². The van der Waals surface area contributed by atoms with Crippen LogP contribution >= 0.6 is 15.9 Å². The predicted molar refractivity (Wildman–Crippen MR) is 94.0 cm³/mol. The first-order valence-electron chi connectivity index (χ1n) is 7.82. The molecule has 1 aromatic heterocycles. The molecule has 2 N–H and O–H groups in total. The summed E-state index contributed by atoms with van der Waals surface area (Å²) >= 11 is 3.36. The molecule has 2 aliphatic rings. The van der Waals surface area contributed by atoms with Gasteiger partial charge >= 0.3 is 0 Å². The Morgan fingerprint density at radius 3 is 2.92 bits per heavy atom. The van der Waals surface area contributed by atoms with Crippen LogP contribution in [0.2, 0.25) is 0 Å². The van der Waals surface area contributed by atoms with Crippen molar-refractivity contribution in [1.29, 1.82) is 0 Å². The number of aliphatic hydroxyl groups excluding tert-OH is 1. The number of aromatic nitrogens is 2. The Hall–Kier alpha value is -2.06. The number of hydrogen-bond acceptors (Lipinski definition) is 6. The van der Waals surface area contributed by atoms with E-state index in [0.29, 0.717) is 17.0 Å². The largest absolute Gasteiger partial charge is 0.497 e. The molecule has 8 heteroatoms. The lowest BCUT2D eigenvalue weighted by Gasteiger charge is -2.42. The van der Waals surface area contributed by atoms with E-state index in [4.69, 9.17) is 4.74 Å². The minimum atomic E-state index is -0.811. The highest BCUT2D eigenvalue weighted by Gasteiger charge is 2.38. The Bertz CT molecular complexity index is 773. The number of aromatic amines is 1. The summed E-state index contributed by atoms with van der Waals surface area (Å²) in [6.45, 7) is 2.16. The average Bonchev–Trinajstić information content (AvgIpc) is 3.01. The number of nitrogens with zero attached hydrogens (tertiary/aromatic N) is 4. The van der Waals surface area contributed by atoms with Gasteiger partial charge in [0.25, 0.3) is 0 Å². The fourth-order valence-corrected chi connectivity index (χ4v) is 3.51. The Morgan fingerprint density at radius 1 is 1.38 bits per heavy atom. The number of halogens is 1. The number of anilines is 1. The maximum Gasteiger partial charge on any atom is 0.205 e. The van der Waals surface area contributed by atoms with E-state index in [1.807, 2.05) is 29.2 Å². The third kappa shape index (κ3) is 2.55. The molecule has 0 bridgehead atoms. The lowest BCUT2D eigenvalue weighted by atomic mass is 10.1. The first-order chi connectivity index (χ1) is 11.7. The van der Waals surface area contributed by atoms with Gasteiger partial charge in [-0.2, -0.15) is 0 Å². The fourth-order valence-electron chi connectivity index (χ4n) is 3.12. The van der Waals surface area contributed by atoms with Gasteiger partial charge in [0.1, 0.15) is 11.4 Å². The van der Waals surface area contributed by atoms with Gasteiger partial charge in [0, 0.05) is 19.6 Å². The Balaban J connectivity index is 1.69. The second-order valence-corrected chi connectivity index (χ2v) is 6.55. The van der Waals surface area contributed by atoms with Gasteiger partial charge < -0.3 is 19.7 Å². The van der Waals surface area contributed by atoms with Crippen LogP contribution in [0.25, 0.3) is 0 Å². The van der Waals surface area contributed by atoms with Crippen molar-refractivity contribution in [2.24, 2.45) is 4.99 Å². The highest BCUT2D eigenvalue weighted by molar-refractivity contribution is 9.10. The topological polar surface area (TPSA) is 77.0 Å². The van der Waals surface area contributed by atoms with Crippen molar-refractivity contribution in [3.8, 4) is 5.75 Å². The van der Waals surface area contributed by atoms with Crippen LogP contribution in [0.15, 0.2) is 34.0 Å². The Kier molecular flexibility index (Phi) is 3.93. The Morgan fingerprint density at radius 2 is 2.17 bits per heavy atom. The molecule has 0 radical (unpaired) electrons. The first-order valence-corrected chi connectivity index (χ1v) is 8.61. The summed E-state index contributed by atoms with van der Waals surface area (Å²) in [5.41, 5.74) is 1.77. The molecule has 1 aromatic carbocycles. The molecule has 2 aromatic rings. The van der Waals surface area contributed by atoms with E-state index in [1.165, 1.54) is 0 Å². The maximum atomic E-state index is 10.8. The first kappa shape index (κ1) is 15.5. The van der Waals surface area contributed by atoms with Crippen LogP contribution in [0.3, 0.4) is 0 Å². The number of hydrogen-bond donors (Lipinski definition) is 2. The molecule has 0 saturated carbocycles. The maximum absolute atomic E-state index is 10.8. The van der Waals surface area contributed by atoms with E-state index in [2.05, 4.69) is 35.8 Å². The molecule has 24 heavy (non-hydrogen) atoms. The van der Waals surface area contributed by atoms with Crippen LogP contribution in [0.4, 0.5) is 5.82 Å². The van der Waals surface area contributed by atoms with Gasteiger partial charge in [0.05, 0.1) is 7.11 Å². The normalized spacial score (nSPS) is 19.6. The molecular weight excluding hydrogens is 374 g/mol. The molecule has 0 saturated heterocycles. The summed E-state index contributed by atoms with van der Waals surface area (Å²) in [5, 5.41) is 10.8. The number of benzene rings is 1. The number of imidazole rings is 1. The molecule has 126 valence electrons. The van der Waals surface area contributed by atoms with Crippen LogP contribution < -0.4 is 9.64 Å². The van der Waals surface area contributed by atoms with Crippen molar-refractivity contribution in [3.05, 3.63) is 40.3 Å². The van der Waals surface area contributed by atoms with E-state index >= 15 is 0 Å². The second kappa shape index (κ2) is 6.10. The molecule has 1 atom stereocenters. The highest BCUT2D eigenvalue weighted by Crippen LogP contribution is 2.36. The summed E-state index contributed by atoms with van der Waals surface area (Å²) in [5.74, 6) is 2.34. The number of aliphatic hydroxyl groups is 1. The number of nitrogens with one attached hydrogen (secondary N) is 1. The van der Waals surface area contributed by atoms with E-state index in [0.717, 1.165) is 42.6 Å². The van der Waals surface area contributed by atoms with Crippen molar-refractivity contribution in [1.82, 2.24) is 14.9 Å². The van der Waals surface area contributed by atoms with Gasteiger partial charge in [-0.15, -0.1) is 0 Å². The predicted octanol–water partition coefficient (Wildman–Crippen LogP) is 2.25. The third-order valence-corrected chi connectivity index (χ3v) is 4.67. The van der Waals surface area contributed by atoms with Crippen LogP contribution in [0, 0.1) is 0 Å². The molecule has 0 aliphatic carbocycles. The lowest BCUT2D eigenvalue weighted by molar-refractivity contribution is 0.0386. The van der Waals surface area contributed by atoms with Crippen molar-refractivity contribution in [3.63, 3.8) is 0 Å². The fraction of sp³-hybridized carbons (Fsp3) is 0.375. The van der Waals surface area contributed by atoms with E-state index in [-0.39, 0.29) is 0 Å². The quantitative estimate of drug-likeness (QED) is 0.838. The number of ether oxygens (including phenoxy) is 1. The minimum Gasteiger partial charge on any atom is -0.497 e. The van der Waals surface area contributed by atoms with E-state index in [1.54, 1.807) is 7.11 Å². The van der Waals surface area contributed by atoms with Crippen molar-refractivity contribution >= 4 is 27.7 Å². The van der Waals surface area contributed by atoms with Crippen molar-refractivity contribution < 1.29 is 9.84 Å². The number of fused-ring (bicyclic) bond motifs is 3. The third-order valence-electron chi connectivity index (χ3n) is 4.30. The summed E-state index contributed by atoms with van der Waals surface area (Å²) in [6.07, 6.45) is 0.161. The Labute approximate surface area is 148 Å². The molecule has 0 amide bonds. The van der Waals surface area contributed by atoms with Gasteiger partial charge in [0.15, 0.2) is 16.8 Å². The number of H-pyrrole nitrogens is 1. The van der Waals surface area contributed by atoms with Crippen LogP contribution in [-0.2, 0) is 6.54 Å². The smallest absolute Gasteiger partial charge is 0.205 e. The summed E-state index contributed by atoms with van der Waals surface area (Å²) < 4.78 is 5.82. The SMILES string of the molecule is COc1ccc(CN2C3=NCCCN3c3nc(Br)[nH]c3C2O)cc1. The molecule has 0 fully saturated rings. The summed E-state index contributed by atoms with van der Waals surface area (Å²) in [4.78, 5) is 16.2. The minimum absolute atomic E-state index is 0.552. The van der Waals surface area contributed by atoms with Gasteiger partial charge in [-0.05, 0) is 40.0 Å². The molecule has 0 spiro atoms. The zero-order valence-corrected chi connectivity index (χ0v) is 14.8. The van der Waals surface area contributed by atoms with Crippen molar-refractivity contribution in [2.45, 2.75) is 19.2 Å². The lowest BCUT2D eigenvalue weighted by Crippen LogP contribution is -2.52. The molecule has 2 aliphatic heterocycles. The summed E-state index contributed by atoms with van der Waals surface area (Å²) in [6, 6.07) is 7.84. The standard InChI is InChI=1S/C16H18BrN5O2/c1-24-11-5-3-10(4-6-11)9-22-14(23)12-13(20-15(17)19-12)21-8-2-7-18-16(21)22/h3-6,14,23H,2,7-9H2,1H3,(H,19,20). The molecule has 7 nitrogen and oxygen atoms in total. The number of methoxy groups -OCH3 is 1. The van der Waals surface area contributed by atoms with E-state index in [9.17, 15) is 5.11 Å². The van der Waals surface area contributed by atoms with Crippen LogP contribution in [-0.4, -0.2) is 46.1 Å². The van der Waals surface area contributed by atoms with Gasteiger partial charge in [-0.25, -0.2) is 4.98 Å². The summed E-state index contributed by atoms with van der Waals surface area (Å²) in [7, 11) is 1.65. The van der Waals surface area contributed by atoms with Gasteiger partial charge in [-0.3, -0.25) is 9.89 Å². The zero-order chi connectivity index (χ0) is 16.7. The number of aliphatic imine (C=N–C) groups is 1. The molecule has 1 unspecified atom stereocenters. The molecular formula is C16H18BrN5O2. The monoisotopic (exact) mass is 391 g/mol. The molecule has 4 rings (SSSR count). The highest BCUT2D eigenvalue weighted by atomic mass is 79.9. The zero-order valence-electron chi connectivity index (χ0n) is 13.2. The van der Waals surface area contributed by atoms with Crippen LogP contribution in [0.5, 0.6) is 5.75 Å². The second-order valence-electron chi connectivity index (χ2n) is 5.80. The number of guanidine groups is 1. The van der Waals surface area contributed by atoms with Gasteiger partial charge in [-0.1, -0.05) is 12.1 Å². The average molecular weight is 392 g/mol.